The van der Waals surface area contributed by atoms with Crippen LogP contribution in [0.25, 0.3) is 0 Å². The van der Waals surface area contributed by atoms with Gasteiger partial charge in [-0.1, -0.05) is 74.0 Å². The number of ether oxygens (including phenoxy) is 1. The SMILES string of the molecule is CC[C@H](C(=O)N[C@@H](C)CC)N(CCc1ccccc1)C(=O)CN(c1ccc(OC)c(Cl)c1)S(=O)(=O)c1ccccc1. The Balaban J connectivity index is 2.03. The van der Waals surface area contributed by atoms with Gasteiger partial charge < -0.3 is 15.0 Å². The average molecular weight is 600 g/mol. The summed E-state index contributed by atoms with van der Waals surface area (Å²) in [4.78, 5) is 28.9. The van der Waals surface area contributed by atoms with E-state index in [1.54, 1.807) is 30.3 Å². The standard InChI is InChI=1S/C31H38ClN3O5S/c1-5-23(3)33-31(37)28(6-2)34(20-19-24-13-9-7-10-14-24)30(36)22-35(25-17-18-29(40-4)27(32)21-25)41(38,39)26-15-11-8-12-16-26/h7-18,21,23,28H,5-6,19-20,22H2,1-4H3,(H,33,37)/t23-,28+/m0/s1. The molecule has 2 amide bonds. The zero-order chi connectivity index (χ0) is 30.0. The van der Waals surface area contributed by atoms with E-state index >= 15 is 0 Å². The van der Waals surface area contributed by atoms with Gasteiger partial charge in [0.25, 0.3) is 10.0 Å². The molecule has 3 aromatic carbocycles. The normalized spacial score (nSPS) is 12.7. The molecule has 3 aromatic rings. The molecule has 0 aliphatic carbocycles. The van der Waals surface area contributed by atoms with Crippen LogP contribution in [0.15, 0.2) is 83.8 Å². The number of hydrogen-bond acceptors (Lipinski definition) is 5. The summed E-state index contributed by atoms with van der Waals surface area (Å²) in [5.41, 5.74) is 1.20. The molecule has 0 saturated heterocycles. The first-order valence-electron chi connectivity index (χ1n) is 13.7. The summed E-state index contributed by atoms with van der Waals surface area (Å²) in [5, 5.41) is 3.18. The largest absolute Gasteiger partial charge is 0.495 e. The summed E-state index contributed by atoms with van der Waals surface area (Å²) in [6.45, 7) is 5.42. The van der Waals surface area contributed by atoms with Crippen LogP contribution in [0, 0.1) is 0 Å². The van der Waals surface area contributed by atoms with Gasteiger partial charge in [0.1, 0.15) is 18.3 Å². The summed E-state index contributed by atoms with van der Waals surface area (Å²) >= 11 is 6.37. The molecule has 0 unspecified atom stereocenters. The molecule has 0 fully saturated rings. The first-order chi connectivity index (χ1) is 19.6. The predicted molar refractivity (Wildman–Crippen MR) is 163 cm³/mol. The van der Waals surface area contributed by atoms with Crippen molar-refractivity contribution in [3.05, 3.63) is 89.4 Å². The van der Waals surface area contributed by atoms with Crippen molar-refractivity contribution in [1.82, 2.24) is 10.2 Å². The summed E-state index contributed by atoms with van der Waals surface area (Å²) in [5.74, 6) is -0.400. The van der Waals surface area contributed by atoms with Crippen LogP contribution in [0.5, 0.6) is 5.75 Å². The van der Waals surface area contributed by atoms with Gasteiger partial charge in [-0.25, -0.2) is 8.42 Å². The van der Waals surface area contributed by atoms with Crippen LogP contribution in [0.3, 0.4) is 0 Å². The molecule has 41 heavy (non-hydrogen) atoms. The maximum atomic E-state index is 14.1. The topological polar surface area (TPSA) is 96.0 Å². The maximum Gasteiger partial charge on any atom is 0.264 e. The van der Waals surface area contributed by atoms with Crippen LogP contribution in [-0.2, 0) is 26.0 Å². The molecule has 0 aliphatic rings. The molecule has 220 valence electrons. The highest BCUT2D eigenvalue weighted by Gasteiger charge is 2.34. The van der Waals surface area contributed by atoms with Crippen molar-refractivity contribution >= 4 is 39.1 Å². The maximum absolute atomic E-state index is 14.1. The van der Waals surface area contributed by atoms with Gasteiger partial charge in [0.05, 0.1) is 22.7 Å². The van der Waals surface area contributed by atoms with E-state index in [0.29, 0.717) is 18.6 Å². The van der Waals surface area contributed by atoms with E-state index in [-0.39, 0.29) is 34.1 Å². The number of halogens is 1. The number of methoxy groups -OCH3 is 1. The molecule has 0 saturated carbocycles. The molecule has 2 atom stereocenters. The number of amides is 2. The Morgan fingerprint density at radius 2 is 1.59 bits per heavy atom. The lowest BCUT2D eigenvalue weighted by molar-refractivity contribution is -0.139. The second kappa shape index (κ2) is 14.9. The predicted octanol–water partition coefficient (Wildman–Crippen LogP) is 5.31. The highest BCUT2D eigenvalue weighted by molar-refractivity contribution is 7.92. The molecule has 10 heteroatoms. The van der Waals surface area contributed by atoms with Crippen molar-refractivity contribution in [1.29, 1.82) is 0 Å². The zero-order valence-electron chi connectivity index (χ0n) is 23.9. The number of carbonyl (C=O) groups is 2. The Morgan fingerprint density at radius 1 is 0.951 bits per heavy atom. The molecule has 0 bridgehead atoms. The Morgan fingerprint density at radius 3 is 2.15 bits per heavy atom. The Kier molecular flexibility index (Phi) is 11.6. The number of nitrogens with zero attached hydrogens (tertiary/aromatic N) is 2. The van der Waals surface area contributed by atoms with Gasteiger partial charge in [-0.3, -0.25) is 13.9 Å². The summed E-state index contributed by atoms with van der Waals surface area (Å²) < 4.78 is 34.1. The van der Waals surface area contributed by atoms with E-state index in [4.69, 9.17) is 16.3 Å². The molecule has 3 rings (SSSR count). The first-order valence-corrected chi connectivity index (χ1v) is 15.5. The molecule has 0 aromatic heterocycles. The molecule has 0 radical (unpaired) electrons. The zero-order valence-corrected chi connectivity index (χ0v) is 25.5. The first kappa shape index (κ1) is 32.0. The third-order valence-electron chi connectivity index (χ3n) is 6.90. The lowest BCUT2D eigenvalue weighted by atomic mass is 10.1. The number of anilines is 1. The summed E-state index contributed by atoms with van der Waals surface area (Å²) in [6, 6.07) is 21.2. The molecule has 0 heterocycles. The highest BCUT2D eigenvalue weighted by Crippen LogP contribution is 2.32. The van der Waals surface area contributed by atoms with Crippen LogP contribution in [-0.4, -0.2) is 57.4 Å². The van der Waals surface area contributed by atoms with Crippen molar-refractivity contribution in [3.63, 3.8) is 0 Å². The average Bonchev–Trinajstić information content (AvgIpc) is 2.98. The van der Waals surface area contributed by atoms with Gasteiger partial charge >= 0.3 is 0 Å². The van der Waals surface area contributed by atoms with E-state index in [9.17, 15) is 18.0 Å². The Bertz CT molecular complexity index is 1400. The lowest BCUT2D eigenvalue weighted by Crippen LogP contribution is -2.54. The minimum atomic E-state index is -4.18. The Hall–Kier alpha value is -3.56. The number of nitrogens with one attached hydrogen (secondary N) is 1. The van der Waals surface area contributed by atoms with E-state index in [0.717, 1.165) is 16.3 Å². The number of rotatable bonds is 14. The minimum absolute atomic E-state index is 0.0251. The number of benzene rings is 3. The van der Waals surface area contributed by atoms with E-state index in [1.807, 2.05) is 51.1 Å². The number of sulfonamides is 1. The van der Waals surface area contributed by atoms with Gasteiger partial charge in [-0.2, -0.15) is 0 Å². The van der Waals surface area contributed by atoms with Gasteiger partial charge in [0.15, 0.2) is 0 Å². The number of hydrogen-bond donors (Lipinski definition) is 1. The van der Waals surface area contributed by atoms with Gasteiger partial charge in [-0.15, -0.1) is 0 Å². The monoisotopic (exact) mass is 599 g/mol. The lowest BCUT2D eigenvalue weighted by Gasteiger charge is -2.33. The van der Waals surface area contributed by atoms with Crippen LogP contribution >= 0.6 is 11.6 Å². The fraction of sp³-hybridized carbons (Fsp3) is 0.355. The van der Waals surface area contributed by atoms with Crippen molar-refractivity contribution in [2.24, 2.45) is 0 Å². The van der Waals surface area contributed by atoms with Crippen LogP contribution in [0.1, 0.15) is 39.2 Å². The van der Waals surface area contributed by atoms with Crippen LogP contribution < -0.4 is 14.4 Å². The second-order valence-electron chi connectivity index (χ2n) is 9.71. The van der Waals surface area contributed by atoms with Gasteiger partial charge in [0, 0.05) is 12.6 Å². The van der Waals surface area contributed by atoms with E-state index in [1.165, 1.54) is 30.2 Å². The summed E-state index contributed by atoms with van der Waals surface area (Å²) in [6.07, 6.45) is 1.60. The quantitative estimate of drug-likeness (QED) is 0.271. The summed E-state index contributed by atoms with van der Waals surface area (Å²) in [7, 11) is -2.71. The smallest absolute Gasteiger partial charge is 0.264 e. The minimum Gasteiger partial charge on any atom is -0.495 e. The van der Waals surface area contributed by atoms with Gasteiger partial charge in [0.2, 0.25) is 11.8 Å². The fourth-order valence-electron chi connectivity index (χ4n) is 4.40. The van der Waals surface area contributed by atoms with Crippen molar-refractivity contribution < 1.29 is 22.7 Å². The molecule has 0 spiro atoms. The van der Waals surface area contributed by atoms with Crippen molar-refractivity contribution in [2.45, 2.75) is 57.0 Å². The van der Waals surface area contributed by atoms with Crippen molar-refractivity contribution in [2.75, 3.05) is 24.5 Å². The van der Waals surface area contributed by atoms with Gasteiger partial charge in [-0.05, 0) is 62.1 Å². The third kappa shape index (κ3) is 8.24. The molecular formula is C31H38ClN3O5S. The van der Waals surface area contributed by atoms with E-state index < -0.39 is 28.5 Å². The Labute approximate surface area is 248 Å². The fourth-order valence-corrected chi connectivity index (χ4v) is 6.07. The molecule has 0 aliphatic heterocycles. The van der Waals surface area contributed by atoms with Crippen molar-refractivity contribution in [3.8, 4) is 5.75 Å². The highest BCUT2D eigenvalue weighted by atomic mass is 35.5. The van der Waals surface area contributed by atoms with Crippen LogP contribution in [0.2, 0.25) is 5.02 Å². The third-order valence-corrected chi connectivity index (χ3v) is 8.99. The molecule has 8 nitrogen and oxygen atoms in total. The van der Waals surface area contributed by atoms with E-state index in [2.05, 4.69) is 5.32 Å². The van der Waals surface area contributed by atoms with Crippen LogP contribution in [0.4, 0.5) is 5.69 Å². The second-order valence-corrected chi connectivity index (χ2v) is 12.0. The number of carbonyl (C=O) groups excluding carboxylic acids is 2. The molecule has 1 N–H and O–H groups in total. The molecular weight excluding hydrogens is 562 g/mol.